The van der Waals surface area contributed by atoms with Crippen LogP contribution in [-0.2, 0) is 9.84 Å². The van der Waals surface area contributed by atoms with Crippen LogP contribution in [0.25, 0.3) is 0 Å². The smallest absolute Gasteiger partial charge is 0.192 e. The van der Waals surface area contributed by atoms with Gasteiger partial charge in [0.15, 0.2) is 14.9 Å². The summed E-state index contributed by atoms with van der Waals surface area (Å²) in [6, 6.07) is 3.73. The van der Waals surface area contributed by atoms with Crippen molar-refractivity contribution < 1.29 is 8.42 Å². The molecule has 1 rings (SSSR count). The van der Waals surface area contributed by atoms with Gasteiger partial charge in [0.25, 0.3) is 0 Å². The van der Waals surface area contributed by atoms with Crippen molar-refractivity contribution in [1.29, 1.82) is 0 Å². The molecule has 0 saturated heterocycles. The molecule has 0 aliphatic heterocycles. The Bertz CT molecular complexity index is 497. The molecule has 1 heterocycles. The Hall–Kier alpha value is -1.10. The molecule has 0 spiro atoms. The molecule has 0 atom stereocenters. The molecule has 0 bridgehead atoms. The normalized spacial score (nSPS) is 12.4. The molecule has 114 valence electrons. The van der Waals surface area contributed by atoms with E-state index in [-0.39, 0.29) is 5.03 Å². The lowest BCUT2D eigenvalue weighted by Gasteiger charge is -2.23. The summed E-state index contributed by atoms with van der Waals surface area (Å²) in [5.41, 5.74) is 0.878. The monoisotopic (exact) mass is 298 g/mol. The van der Waals surface area contributed by atoms with E-state index in [1.807, 2.05) is 0 Å². The van der Waals surface area contributed by atoms with E-state index in [2.05, 4.69) is 38.0 Å². The van der Waals surface area contributed by atoms with Crippen LogP contribution in [0, 0.1) is 11.8 Å². The third kappa shape index (κ3) is 5.90. The molecule has 0 aliphatic rings. The minimum Gasteiger partial charge on any atom is -0.381 e. The molecular formula is C15H26N2O2S. The first-order valence-electron chi connectivity index (χ1n) is 7.11. The fourth-order valence-corrected chi connectivity index (χ4v) is 2.83. The second-order valence-electron chi connectivity index (χ2n) is 6.26. The average molecular weight is 298 g/mol. The van der Waals surface area contributed by atoms with E-state index < -0.39 is 9.84 Å². The molecule has 4 nitrogen and oxygen atoms in total. The highest BCUT2D eigenvalue weighted by Gasteiger charge is 2.14. The van der Waals surface area contributed by atoms with Gasteiger partial charge in [0.05, 0.1) is 11.9 Å². The van der Waals surface area contributed by atoms with E-state index in [4.69, 9.17) is 0 Å². The number of rotatable bonds is 7. The molecule has 1 N–H and O–H groups in total. The van der Waals surface area contributed by atoms with Crippen LogP contribution in [-0.4, -0.2) is 25.7 Å². The summed E-state index contributed by atoms with van der Waals surface area (Å²) in [6.07, 6.45) is 4.95. The maximum absolute atomic E-state index is 11.4. The van der Waals surface area contributed by atoms with Crippen LogP contribution in [0.2, 0.25) is 0 Å². The summed E-state index contributed by atoms with van der Waals surface area (Å²) in [5.74, 6) is 1.24. The Kier molecular flexibility index (Phi) is 5.99. The molecule has 0 radical (unpaired) electrons. The number of nitrogens with one attached hydrogen (secondary N) is 1. The quantitative estimate of drug-likeness (QED) is 0.838. The van der Waals surface area contributed by atoms with Crippen molar-refractivity contribution >= 4 is 15.5 Å². The molecule has 20 heavy (non-hydrogen) atoms. The zero-order valence-electron chi connectivity index (χ0n) is 13.1. The third-order valence-electron chi connectivity index (χ3n) is 3.00. The van der Waals surface area contributed by atoms with Crippen molar-refractivity contribution in [3.05, 3.63) is 18.3 Å². The fraction of sp³-hybridized carbons (Fsp3) is 0.667. The van der Waals surface area contributed by atoms with Gasteiger partial charge in [-0.15, -0.1) is 0 Å². The van der Waals surface area contributed by atoms with Gasteiger partial charge < -0.3 is 5.32 Å². The Morgan fingerprint density at radius 3 is 2.00 bits per heavy atom. The molecule has 0 aliphatic carbocycles. The number of nitrogens with zero attached hydrogens (tertiary/aromatic N) is 1. The lowest BCUT2D eigenvalue weighted by molar-refractivity contribution is 0.442. The van der Waals surface area contributed by atoms with Crippen molar-refractivity contribution in [3.63, 3.8) is 0 Å². The summed E-state index contributed by atoms with van der Waals surface area (Å²) in [4.78, 5) is 4.01. The minimum absolute atomic E-state index is 0.118. The van der Waals surface area contributed by atoms with E-state index in [0.717, 1.165) is 18.5 Å². The molecule has 0 amide bonds. The third-order valence-corrected chi connectivity index (χ3v) is 4.00. The van der Waals surface area contributed by atoms with Gasteiger partial charge in [0.1, 0.15) is 0 Å². The topological polar surface area (TPSA) is 59.1 Å². The van der Waals surface area contributed by atoms with Crippen LogP contribution >= 0.6 is 0 Å². The van der Waals surface area contributed by atoms with Crippen LogP contribution in [0.15, 0.2) is 23.4 Å². The van der Waals surface area contributed by atoms with Gasteiger partial charge in [-0.25, -0.2) is 13.4 Å². The van der Waals surface area contributed by atoms with E-state index in [0.29, 0.717) is 17.9 Å². The number of hydrogen-bond donors (Lipinski definition) is 1. The van der Waals surface area contributed by atoms with Gasteiger partial charge >= 0.3 is 0 Å². The lowest BCUT2D eigenvalue weighted by atomic mass is 9.95. The van der Waals surface area contributed by atoms with Gasteiger partial charge in [-0.2, -0.15) is 0 Å². The van der Waals surface area contributed by atoms with Gasteiger partial charge in [0.2, 0.25) is 0 Å². The first-order chi connectivity index (χ1) is 9.18. The molecule has 1 aromatic rings. The second kappa shape index (κ2) is 7.07. The Balaban J connectivity index is 2.78. The predicted molar refractivity (Wildman–Crippen MR) is 83.7 cm³/mol. The SMILES string of the molecule is CC(C)CC(CC(C)C)Nc1ccc(S(C)(=O)=O)nc1. The van der Waals surface area contributed by atoms with Crippen LogP contribution in [0.5, 0.6) is 0 Å². The highest BCUT2D eigenvalue weighted by Crippen LogP contribution is 2.19. The zero-order valence-corrected chi connectivity index (χ0v) is 13.9. The van der Waals surface area contributed by atoms with Crippen molar-refractivity contribution in [1.82, 2.24) is 4.98 Å². The summed E-state index contributed by atoms with van der Waals surface area (Å²) in [6.45, 7) is 8.83. The van der Waals surface area contributed by atoms with Crippen LogP contribution in [0.4, 0.5) is 5.69 Å². The zero-order chi connectivity index (χ0) is 15.3. The maximum atomic E-state index is 11.4. The molecular weight excluding hydrogens is 272 g/mol. The van der Waals surface area contributed by atoms with Gasteiger partial charge in [-0.3, -0.25) is 0 Å². The largest absolute Gasteiger partial charge is 0.381 e. The molecule has 1 aromatic heterocycles. The highest BCUT2D eigenvalue weighted by atomic mass is 32.2. The van der Waals surface area contributed by atoms with Gasteiger partial charge in [-0.05, 0) is 36.8 Å². The van der Waals surface area contributed by atoms with Gasteiger partial charge in [0, 0.05) is 12.3 Å². The van der Waals surface area contributed by atoms with Crippen LogP contribution in [0.3, 0.4) is 0 Å². The molecule has 0 fully saturated rings. The summed E-state index contributed by atoms with van der Waals surface area (Å²) >= 11 is 0. The molecule has 0 aromatic carbocycles. The van der Waals surface area contributed by atoms with Crippen molar-refractivity contribution in [2.24, 2.45) is 11.8 Å². The Labute approximate surface area is 122 Å². The van der Waals surface area contributed by atoms with Gasteiger partial charge in [-0.1, -0.05) is 27.7 Å². The number of aromatic nitrogens is 1. The molecule has 0 saturated carbocycles. The van der Waals surface area contributed by atoms with Crippen molar-refractivity contribution in [3.8, 4) is 0 Å². The summed E-state index contributed by atoms with van der Waals surface area (Å²) in [5, 5.41) is 3.58. The van der Waals surface area contributed by atoms with Crippen LogP contribution in [0.1, 0.15) is 40.5 Å². The standard InChI is InChI=1S/C15H26N2O2S/c1-11(2)8-14(9-12(3)4)17-13-6-7-15(16-10-13)20(5,18)19/h6-7,10-12,14,17H,8-9H2,1-5H3. The minimum atomic E-state index is -3.22. The molecule has 5 heteroatoms. The first-order valence-corrected chi connectivity index (χ1v) is 9.00. The number of hydrogen-bond acceptors (Lipinski definition) is 4. The Morgan fingerprint density at radius 2 is 1.65 bits per heavy atom. The number of anilines is 1. The van der Waals surface area contributed by atoms with E-state index >= 15 is 0 Å². The number of pyridine rings is 1. The van der Waals surface area contributed by atoms with E-state index in [1.54, 1.807) is 18.3 Å². The number of sulfone groups is 1. The van der Waals surface area contributed by atoms with E-state index in [1.165, 1.54) is 6.26 Å². The second-order valence-corrected chi connectivity index (χ2v) is 8.22. The van der Waals surface area contributed by atoms with Crippen molar-refractivity contribution in [2.75, 3.05) is 11.6 Å². The maximum Gasteiger partial charge on any atom is 0.192 e. The predicted octanol–water partition coefficient (Wildman–Crippen LogP) is 3.36. The highest BCUT2D eigenvalue weighted by molar-refractivity contribution is 7.90. The van der Waals surface area contributed by atoms with Crippen molar-refractivity contribution in [2.45, 2.75) is 51.6 Å². The van der Waals surface area contributed by atoms with Crippen LogP contribution < -0.4 is 5.32 Å². The summed E-state index contributed by atoms with van der Waals surface area (Å²) in [7, 11) is -3.22. The fourth-order valence-electron chi connectivity index (χ4n) is 2.27. The first kappa shape index (κ1) is 17.0. The Morgan fingerprint density at radius 1 is 1.10 bits per heavy atom. The molecule has 0 unspecified atom stereocenters. The lowest BCUT2D eigenvalue weighted by Crippen LogP contribution is -2.23. The summed E-state index contributed by atoms with van der Waals surface area (Å²) < 4.78 is 22.7. The average Bonchev–Trinajstić information content (AvgIpc) is 2.26. The van der Waals surface area contributed by atoms with E-state index in [9.17, 15) is 8.42 Å².